The van der Waals surface area contributed by atoms with Gasteiger partial charge in [-0.25, -0.2) is 0 Å². The van der Waals surface area contributed by atoms with Gasteiger partial charge in [0.2, 0.25) is 0 Å². The van der Waals surface area contributed by atoms with Crippen LogP contribution in [0.5, 0.6) is 0 Å². The van der Waals surface area contributed by atoms with Gasteiger partial charge in [0, 0.05) is 10.8 Å². The fourth-order valence-corrected chi connectivity index (χ4v) is 5.14. The van der Waals surface area contributed by atoms with E-state index in [2.05, 4.69) is 0 Å². The van der Waals surface area contributed by atoms with Crippen LogP contribution in [-0.4, -0.2) is 0 Å². The third-order valence-corrected chi connectivity index (χ3v) is 6.95. The zero-order valence-electron chi connectivity index (χ0n) is 47.4. The van der Waals surface area contributed by atoms with Crippen LogP contribution < -0.4 is 0 Å². The first-order valence-electron chi connectivity index (χ1n) is 25.7. The van der Waals surface area contributed by atoms with Gasteiger partial charge >= 0.3 is 0 Å². The van der Waals surface area contributed by atoms with E-state index in [-0.39, 0.29) is 0 Å². The van der Waals surface area contributed by atoms with Gasteiger partial charge < -0.3 is 4.42 Å². The first kappa shape index (κ1) is 9.69. The maximum absolute atomic E-state index is 9.77. The molecule has 8 aromatic carbocycles. The summed E-state index contributed by atoms with van der Waals surface area (Å²) in [6, 6.07) is -23.3. The number of benzene rings is 8. The highest BCUT2D eigenvalue weighted by Gasteiger charge is 2.19. The van der Waals surface area contributed by atoms with Gasteiger partial charge in [-0.2, -0.15) is 0 Å². The van der Waals surface area contributed by atoms with E-state index in [1.807, 2.05) is 0 Å². The third-order valence-electron chi connectivity index (χ3n) is 6.95. The minimum absolute atomic E-state index is 0.525. The normalized spacial score (nSPS) is 20.2. The molecule has 0 aliphatic heterocycles. The second-order valence-electron chi connectivity index (χ2n) is 9.26. The predicted octanol–water partition coefficient (Wildman–Crippen LogP) is 12.0. The molecule has 0 aliphatic rings. The molecule has 0 saturated carbocycles. The zero-order valence-corrected chi connectivity index (χ0v) is 21.4. The number of hydrogen-bond donors (Lipinski definition) is 0. The summed E-state index contributed by atoms with van der Waals surface area (Å²) < 4.78 is 237. The Hall–Kier alpha value is -5.66. The summed E-state index contributed by atoms with van der Waals surface area (Å²) in [5.41, 5.74) is -5.37. The Balaban J connectivity index is 1.58. The van der Waals surface area contributed by atoms with E-state index in [4.69, 9.17) is 27.7 Å². The van der Waals surface area contributed by atoms with E-state index in [0.29, 0.717) is 0 Å². The predicted molar refractivity (Wildman–Crippen MR) is 183 cm³/mol. The van der Waals surface area contributed by atoms with Crippen molar-refractivity contribution in [2.24, 2.45) is 0 Å². The van der Waals surface area contributed by atoms with Gasteiger partial charge in [0.15, 0.2) is 0 Å². The van der Waals surface area contributed by atoms with Crippen LogP contribution >= 0.6 is 0 Å². The highest BCUT2D eigenvalue weighted by molar-refractivity contribution is 6.24. The molecule has 43 heavy (non-hydrogen) atoms. The van der Waals surface area contributed by atoms with Gasteiger partial charge in [0.1, 0.15) is 11.2 Å². The van der Waals surface area contributed by atoms with Crippen LogP contribution in [0.2, 0.25) is 0 Å². The van der Waals surface area contributed by atoms with E-state index in [1.165, 1.54) is 0 Å². The van der Waals surface area contributed by atoms with Gasteiger partial charge in [-0.1, -0.05) is 133 Å². The summed E-state index contributed by atoms with van der Waals surface area (Å²) in [4.78, 5) is 0. The molecule has 9 rings (SSSR count). The van der Waals surface area contributed by atoms with Crippen molar-refractivity contribution in [2.45, 2.75) is 0 Å². The minimum atomic E-state index is -0.968. The van der Waals surface area contributed by atoms with Gasteiger partial charge in [-0.15, -0.1) is 0 Å². The molecule has 0 amide bonds. The maximum Gasteiger partial charge on any atom is 0.136 e. The van der Waals surface area contributed by atoms with Crippen molar-refractivity contribution in [3.05, 3.63) is 157 Å². The van der Waals surface area contributed by atoms with Crippen molar-refractivity contribution in [1.29, 1.82) is 0 Å². The molecule has 0 aliphatic carbocycles. The maximum atomic E-state index is 9.77. The van der Waals surface area contributed by atoms with Crippen LogP contribution in [0.1, 0.15) is 35.6 Å². The molecule has 0 bridgehead atoms. The lowest BCUT2D eigenvalue weighted by Gasteiger charge is -2.18. The summed E-state index contributed by atoms with van der Waals surface area (Å²) in [5, 5.41) is -5.08. The van der Waals surface area contributed by atoms with Crippen LogP contribution in [0.4, 0.5) is 0 Å². The lowest BCUT2D eigenvalue weighted by atomic mass is 9.84. The molecule has 0 atom stereocenters. The molecular formula is C42H26O. The van der Waals surface area contributed by atoms with E-state index >= 15 is 0 Å². The van der Waals surface area contributed by atoms with Crippen LogP contribution in [-0.2, 0) is 0 Å². The standard InChI is InChI=1S/C42H26O/c1-2-11-27(12-3-1)29-21-23-32-38-25-30(22-24-39(38)43-40(32)26-29)41-34-16-6-8-18-36(34)42(37-19-9-7-17-35(37)41)33-20-10-14-28-13-4-5-15-31(28)33/h1-26H/i1D,2D,3D,4D,5D,6D,7D,8D,9D,10D,11D,12D,13D,14D,15D,16D,17D,18D,19D,20D,21D,22D,23D,24D,25D,26D. The SMILES string of the molecule is [2H]c1c([2H])c([2H])c(-c2c([2H])c([2H])c3c(oc4c([2H])c([2H])c(-c5c6c([2H])c([2H])c([2H])c([2H])c6c(-c6c([2H])c([2H])c([2H])c7c([2H])c([2H])c([2H])c([2H])c67)c6c([2H])c([2H])c([2H])c([2H])c56)c([2H])c43)c2[2H])c([2H])c1[2H]. The smallest absolute Gasteiger partial charge is 0.136 e. The summed E-state index contributed by atoms with van der Waals surface area (Å²) >= 11 is 0. The Morgan fingerprint density at radius 1 is 0.349 bits per heavy atom. The lowest BCUT2D eigenvalue weighted by molar-refractivity contribution is 0.669. The lowest BCUT2D eigenvalue weighted by Crippen LogP contribution is -1.91. The molecule has 1 heterocycles. The molecule has 1 heteroatoms. The largest absolute Gasteiger partial charge is 0.456 e. The van der Waals surface area contributed by atoms with Crippen molar-refractivity contribution < 1.29 is 40.1 Å². The number of fused-ring (bicyclic) bond motifs is 6. The van der Waals surface area contributed by atoms with Crippen LogP contribution in [0, 0.1) is 0 Å². The molecule has 9 aromatic rings. The minimum Gasteiger partial charge on any atom is -0.456 e. The van der Waals surface area contributed by atoms with Gasteiger partial charge in [0.05, 0.1) is 35.6 Å². The summed E-state index contributed by atoms with van der Waals surface area (Å²) in [6.45, 7) is 0. The molecule has 0 unspecified atom stereocenters. The van der Waals surface area contributed by atoms with Crippen molar-refractivity contribution in [3.8, 4) is 33.4 Å². The zero-order chi connectivity index (χ0) is 51.0. The average Bonchev–Trinajstić information content (AvgIpc) is 3.74. The fraction of sp³-hybridized carbons (Fsp3) is 0. The summed E-state index contributed by atoms with van der Waals surface area (Å²) in [5.74, 6) is 0. The van der Waals surface area contributed by atoms with Crippen LogP contribution in [0.3, 0.4) is 0 Å². The van der Waals surface area contributed by atoms with Gasteiger partial charge in [-0.05, 0) is 89.9 Å². The second kappa shape index (κ2) is 9.44. The molecule has 0 saturated heterocycles. The van der Waals surface area contributed by atoms with E-state index in [1.54, 1.807) is 0 Å². The summed E-state index contributed by atoms with van der Waals surface area (Å²) in [6.07, 6.45) is 0. The molecule has 0 N–H and O–H groups in total. The monoisotopic (exact) mass is 572 g/mol. The average molecular weight is 573 g/mol. The third kappa shape index (κ3) is 3.72. The van der Waals surface area contributed by atoms with E-state index < -0.39 is 245 Å². The molecule has 0 spiro atoms. The summed E-state index contributed by atoms with van der Waals surface area (Å²) in [7, 11) is 0. The molecule has 0 radical (unpaired) electrons. The van der Waals surface area contributed by atoms with Crippen LogP contribution in [0.15, 0.2) is 162 Å². The van der Waals surface area contributed by atoms with E-state index in [9.17, 15) is 12.3 Å². The Morgan fingerprint density at radius 2 is 0.953 bits per heavy atom. The highest BCUT2D eigenvalue weighted by Crippen LogP contribution is 2.46. The first-order chi connectivity index (χ1) is 32.2. The Kier molecular flexibility index (Phi) is 2.13. The Bertz CT molecular complexity index is 3850. The molecule has 0 fully saturated rings. The van der Waals surface area contributed by atoms with Crippen molar-refractivity contribution in [3.63, 3.8) is 0 Å². The molecule has 200 valence electrons. The topological polar surface area (TPSA) is 13.1 Å². The quantitative estimate of drug-likeness (QED) is 0.192. The number of furan rings is 1. The molecule has 1 nitrogen and oxygen atoms in total. The molecule has 1 aromatic heterocycles. The highest BCUT2D eigenvalue weighted by atomic mass is 16.3. The van der Waals surface area contributed by atoms with Gasteiger partial charge in [0.25, 0.3) is 0 Å². The van der Waals surface area contributed by atoms with Crippen molar-refractivity contribution in [1.82, 2.24) is 0 Å². The van der Waals surface area contributed by atoms with E-state index in [0.717, 1.165) is 0 Å². The number of hydrogen-bond acceptors (Lipinski definition) is 1. The second-order valence-corrected chi connectivity index (χ2v) is 9.26. The first-order valence-corrected chi connectivity index (χ1v) is 12.7. The van der Waals surface area contributed by atoms with Crippen molar-refractivity contribution >= 4 is 54.3 Å². The number of rotatable bonds is 3. The van der Waals surface area contributed by atoms with Crippen molar-refractivity contribution in [2.75, 3.05) is 0 Å². The Morgan fingerprint density at radius 3 is 1.70 bits per heavy atom. The van der Waals surface area contributed by atoms with Gasteiger partial charge in [-0.3, -0.25) is 0 Å². The molecular weight excluding hydrogens is 520 g/mol. The van der Waals surface area contributed by atoms with Crippen LogP contribution in [0.25, 0.3) is 87.6 Å². The Labute approximate surface area is 285 Å². The fourth-order valence-electron chi connectivity index (χ4n) is 5.14.